The van der Waals surface area contributed by atoms with Crippen molar-refractivity contribution < 1.29 is 9.59 Å². The second-order valence-corrected chi connectivity index (χ2v) is 7.19. The molecule has 0 spiro atoms. The number of para-hydroxylation sites is 2. The third-order valence-corrected chi connectivity index (χ3v) is 5.07. The highest BCUT2D eigenvalue weighted by atomic mass is 16.2. The number of amides is 2. The Morgan fingerprint density at radius 1 is 0.839 bits per heavy atom. The van der Waals surface area contributed by atoms with E-state index < -0.39 is 0 Å². The molecule has 2 heterocycles. The van der Waals surface area contributed by atoms with E-state index in [0.29, 0.717) is 28.4 Å². The maximum absolute atomic E-state index is 12.8. The first-order chi connectivity index (χ1) is 15.1. The normalized spacial score (nSPS) is 10.8. The van der Waals surface area contributed by atoms with Crippen molar-refractivity contribution in [3.05, 3.63) is 88.8 Å². The van der Waals surface area contributed by atoms with Crippen molar-refractivity contribution in [1.82, 2.24) is 20.2 Å². The van der Waals surface area contributed by atoms with Gasteiger partial charge in [-0.15, -0.1) is 0 Å². The lowest BCUT2D eigenvalue weighted by Crippen LogP contribution is -2.32. The van der Waals surface area contributed by atoms with Crippen molar-refractivity contribution in [3.63, 3.8) is 0 Å². The highest BCUT2D eigenvalue weighted by Crippen LogP contribution is 2.18. The lowest BCUT2D eigenvalue weighted by molar-refractivity contribution is -0.122. The molecular weight excluding hydrogens is 392 g/mol. The molecule has 2 amide bonds. The predicted molar refractivity (Wildman–Crippen MR) is 119 cm³/mol. The summed E-state index contributed by atoms with van der Waals surface area (Å²) < 4.78 is 1.84. The van der Waals surface area contributed by atoms with Crippen LogP contribution in [0.25, 0.3) is 21.8 Å². The Labute approximate surface area is 178 Å². The van der Waals surface area contributed by atoms with Crippen molar-refractivity contribution >= 4 is 33.6 Å². The monoisotopic (exact) mass is 414 g/mol. The molecule has 7 heteroatoms. The summed E-state index contributed by atoms with van der Waals surface area (Å²) in [6, 6.07) is 18.2. The number of rotatable bonds is 7. The fourth-order valence-corrected chi connectivity index (χ4v) is 3.55. The van der Waals surface area contributed by atoms with Crippen LogP contribution in [0.5, 0.6) is 0 Å². The van der Waals surface area contributed by atoms with Gasteiger partial charge in [-0.05, 0) is 35.9 Å². The maximum Gasteiger partial charge on any atom is 0.239 e. The first-order valence-corrected chi connectivity index (χ1v) is 10.1. The van der Waals surface area contributed by atoms with E-state index in [1.54, 1.807) is 24.5 Å². The average Bonchev–Trinajstić information content (AvgIpc) is 2.81. The molecule has 0 aliphatic heterocycles. The highest BCUT2D eigenvalue weighted by Gasteiger charge is 2.13. The molecule has 4 rings (SSSR count). The molecular formula is C24H22N4O3. The molecule has 0 aliphatic carbocycles. The van der Waals surface area contributed by atoms with Gasteiger partial charge in [-0.25, -0.2) is 0 Å². The molecule has 7 nitrogen and oxygen atoms in total. The molecule has 2 aromatic heterocycles. The molecule has 0 saturated carbocycles. The van der Waals surface area contributed by atoms with Crippen molar-refractivity contribution in [1.29, 1.82) is 0 Å². The zero-order valence-corrected chi connectivity index (χ0v) is 16.9. The van der Waals surface area contributed by atoms with Crippen LogP contribution in [0, 0.1) is 0 Å². The fourth-order valence-electron chi connectivity index (χ4n) is 3.55. The summed E-state index contributed by atoms with van der Waals surface area (Å²) in [6.07, 6.45) is 3.55. The van der Waals surface area contributed by atoms with E-state index in [1.165, 1.54) is 0 Å². The molecule has 0 radical (unpaired) electrons. The van der Waals surface area contributed by atoms with Crippen LogP contribution in [0.2, 0.25) is 0 Å². The first-order valence-electron chi connectivity index (χ1n) is 10.1. The fraction of sp³-hybridized carbons (Fsp3) is 0.167. The van der Waals surface area contributed by atoms with Gasteiger partial charge >= 0.3 is 0 Å². The van der Waals surface area contributed by atoms with E-state index in [9.17, 15) is 14.4 Å². The number of pyridine rings is 2. The van der Waals surface area contributed by atoms with Gasteiger partial charge in [0.15, 0.2) is 5.43 Å². The topological polar surface area (TPSA) is 93.1 Å². The lowest BCUT2D eigenvalue weighted by Gasteiger charge is -2.15. The van der Waals surface area contributed by atoms with Gasteiger partial charge in [-0.1, -0.05) is 30.3 Å². The Kier molecular flexibility index (Phi) is 6.03. The molecule has 2 aromatic carbocycles. The molecule has 0 bridgehead atoms. The molecule has 0 atom stereocenters. The van der Waals surface area contributed by atoms with Crippen LogP contribution < -0.4 is 16.1 Å². The van der Waals surface area contributed by atoms with Crippen LogP contribution in [0.15, 0.2) is 77.9 Å². The van der Waals surface area contributed by atoms with Crippen molar-refractivity contribution in [2.75, 3.05) is 6.54 Å². The van der Waals surface area contributed by atoms with E-state index in [1.807, 2.05) is 53.1 Å². The number of hydrogen-bond acceptors (Lipinski definition) is 4. The summed E-state index contributed by atoms with van der Waals surface area (Å²) in [5, 5.41) is 6.75. The molecule has 0 unspecified atom stereocenters. The van der Waals surface area contributed by atoms with Crippen LogP contribution in [0.4, 0.5) is 0 Å². The van der Waals surface area contributed by atoms with E-state index in [4.69, 9.17) is 0 Å². The Balaban J connectivity index is 1.41. The Morgan fingerprint density at radius 3 is 2.16 bits per heavy atom. The van der Waals surface area contributed by atoms with Gasteiger partial charge in [0.05, 0.1) is 11.0 Å². The van der Waals surface area contributed by atoms with Gasteiger partial charge < -0.3 is 15.2 Å². The van der Waals surface area contributed by atoms with Gasteiger partial charge in [0, 0.05) is 42.7 Å². The largest absolute Gasteiger partial charge is 0.354 e. The van der Waals surface area contributed by atoms with E-state index in [0.717, 1.165) is 5.56 Å². The molecule has 156 valence electrons. The Morgan fingerprint density at radius 2 is 1.52 bits per heavy atom. The third-order valence-electron chi connectivity index (χ3n) is 5.07. The summed E-state index contributed by atoms with van der Waals surface area (Å²) in [5.74, 6) is -0.373. The first kappa shape index (κ1) is 20.3. The Hall–Kier alpha value is -4.00. The summed E-state index contributed by atoms with van der Waals surface area (Å²) >= 11 is 0. The summed E-state index contributed by atoms with van der Waals surface area (Å²) in [4.78, 5) is 41.4. The van der Waals surface area contributed by atoms with Crippen molar-refractivity contribution in [2.45, 2.75) is 19.5 Å². The van der Waals surface area contributed by atoms with Crippen LogP contribution >= 0.6 is 0 Å². The smallest absolute Gasteiger partial charge is 0.239 e. The summed E-state index contributed by atoms with van der Waals surface area (Å²) in [6.45, 7) is 0.683. The zero-order chi connectivity index (χ0) is 21.6. The van der Waals surface area contributed by atoms with Gasteiger partial charge in [-0.3, -0.25) is 19.4 Å². The van der Waals surface area contributed by atoms with Gasteiger partial charge in [0.2, 0.25) is 11.8 Å². The zero-order valence-electron chi connectivity index (χ0n) is 16.9. The summed E-state index contributed by atoms with van der Waals surface area (Å²) in [5.41, 5.74) is 2.27. The lowest BCUT2D eigenvalue weighted by atomic mass is 10.1. The third kappa shape index (κ3) is 4.61. The number of fused-ring (bicyclic) bond motifs is 2. The Bertz CT molecular complexity index is 1240. The van der Waals surface area contributed by atoms with Gasteiger partial charge in [-0.2, -0.15) is 0 Å². The highest BCUT2D eigenvalue weighted by molar-refractivity contribution is 5.94. The molecule has 0 aliphatic rings. The minimum absolute atomic E-state index is 0.0480. The van der Waals surface area contributed by atoms with Crippen LogP contribution in [-0.4, -0.2) is 27.9 Å². The van der Waals surface area contributed by atoms with Gasteiger partial charge in [0.25, 0.3) is 0 Å². The van der Waals surface area contributed by atoms with Crippen LogP contribution in [0.1, 0.15) is 12.0 Å². The number of aromatic nitrogens is 2. The minimum atomic E-state index is -0.223. The number of carbonyl (C=O) groups excluding carboxylic acids is 2. The van der Waals surface area contributed by atoms with Crippen LogP contribution in [0.3, 0.4) is 0 Å². The molecule has 0 saturated heterocycles. The SMILES string of the molecule is O=C(CCNC(=O)Cn1c2ccccc2c(=O)c2ccccc21)NCc1cccnc1. The van der Waals surface area contributed by atoms with E-state index in [-0.39, 0.29) is 36.8 Å². The van der Waals surface area contributed by atoms with E-state index >= 15 is 0 Å². The van der Waals surface area contributed by atoms with Gasteiger partial charge in [0.1, 0.15) is 6.54 Å². The number of hydrogen-bond donors (Lipinski definition) is 2. The molecule has 2 N–H and O–H groups in total. The predicted octanol–water partition coefficient (Wildman–Crippen LogP) is 2.37. The standard InChI is InChI=1S/C24H22N4O3/c29-22(27-15-17-6-5-12-25-14-17)11-13-26-23(30)16-28-20-9-3-1-7-18(20)24(31)19-8-2-4-10-21(19)28/h1-10,12,14H,11,13,15-16H2,(H,26,30)(H,27,29). The second kappa shape index (κ2) is 9.21. The summed E-state index contributed by atoms with van der Waals surface area (Å²) in [7, 11) is 0. The number of nitrogens with one attached hydrogen (secondary N) is 2. The number of carbonyl (C=O) groups is 2. The quantitative estimate of drug-likeness (QED) is 0.454. The molecule has 4 aromatic rings. The number of benzene rings is 2. The maximum atomic E-state index is 12.8. The molecule has 31 heavy (non-hydrogen) atoms. The average molecular weight is 414 g/mol. The second-order valence-electron chi connectivity index (χ2n) is 7.19. The number of nitrogens with zero attached hydrogens (tertiary/aromatic N) is 2. The molecule has 0 fully saturated rings. The van der Waals surface area contributed by atoms with Crippen molar-refractivity contribution in [3.8, 4) is 0 Å². The van der Waals surface area contributed by atoms with Crippen molar-refractivity contribution in [2.24, 2.45) is 0 Å². The minimum Gasteiger partial charge on any atom is -0.354 e. The van der Waals surface area contributed by atoms with Crippen LogP contribution in [-0.2, 0) is 22.7 Å². The van der Waals surface area contributed by atoms with E-state index in [2.05, 4.69) is 15.6 Å².